The quantitative estimate of drug-likeness (QED) is 0.639. The van der Waals surface area contributed by atoms with Crippen LogP contribution in [0, 0.1) is 28.6 Å². The number of allylic oxidation sites excluding steroid dienone is 1. The first-order chi connectivity index (χ1) is 10.2. The van der Waals surface area contributed by atoms with E-state index in [2.05, 4.69) is 46.8 Å². The van der Waals surface area contributed by atoms with E-state index in [1.165, 1.54) is 25.7 Å². The fraction of sp³-hybridized carbons (Fsp3) is 0.900. The third-order valence-electron chi connectivity index (χ3n) is 8.11. The third-order valence-corrected chi connectivity index (χ3v) is 8.11. The first-order valence-electron chi connectivity index (χ1n) is 9.20. The molecule has 0 N–H and O–H groups in total. The number of hydrogen-bond donors (Lipinski definition) is 0. The van der Waals surface area contributed by atoms with Crippen molar-refractivity contribution in [1.29, 1.82) is 0 Å². The van der Waals surface area contributed by atoms with Gasteiger partial charge in [0.25, 0.3) is 0 Å². The lowest BCUT2D eigenvalue weighted by molar-refractivity contribution is -0.158. The van der Waals surface area contributed by atoms with Crippen LogP contribution in [0.4, 0.5) is 0 Å². The van der Waals surface area contributed by atoms with Crippen LogP contribution in [0.25, 0.3) is 0 Å². The van der Waals surface area contributed by atoms with Gasteiger partial charge in [-0.15, -0.1) is 0 Å². The number of rotatable bonds is 1. The van der Waals surface area contributed by atoms with Gasteiger partial charge in [-0.25, -0.2) is 0 Å². The maximum Gasteiger partial charge on any atom is 0.186 e. The highest BCUT2D eigenvalue weighted by atomic mass is 16.8. The van der Waals surface area contributed by atoms with E-state index in [9.17, 15) is 0 Å². The van der Waals surface area contributed by atoms with E-state index in [0.717, 1.165) is 11.8 Å². The average molecular weight is 304 g/mol. The van der Waals surface area contributed by atoms with Crippen LogP contribution in [0.15, 0.2) is 12.2 Å². The van der Waals surface area contributed by atoms with Gasteiger partial charge >= 0.3 is 0 Å². The Labute approximate surface area is 135 Å². The van der Waals surface area contributed by atoms with Crippen LogP contribution in [0.5, 0.6) is 0 Å². The molecule has 4 rings (SSSR count). The minimum atomic E-state index is -0.539. The maximum absolute atomic E-state index is 6.63. The smallest absolute Gasteiger partial charge is 0.186 e. The zero-order valence-electron chi connectivity index (χ0n) is 15.1. The molecule has 0 aromatic heterocycles. The maximum atomic E-state index is 6.63. The molecule has 7 unspecified atom stereocenters. The molecule has 2 heteroatoms. The van der Waals surface area contributed by atoms with Gasteiger partial charge in [0.2, 0.25) is 0 Å². The first kappa shape index (κ1) is 15.2. The molecule has 2 bridgehead atoms. The predicted molar refractivity (Wildman–Crippen MR) is 88.4 cm³/mol. The topological polar surface area (TPSA) is 18.5 Å². The van der Waals surface area contributed by atoms with Crippen LogP contribution < -0.4 is 0 Å². The molecule has 1 saturated heterocycles. The average Bonchev–Trinajstić information content (AvgIpc) is 2.92. The second-order valence-corrected chi connectivity index (χ2v) is 9.45. The van der Waals surface area contributed by atoms with E-state index in [4.69, 9.17) is 9.47 Å². The van der Waals surface area contributed by atoms with Crippen molar-refractivity contribution >= 4 is 0 Å². The monoisotopic (exact) mass is 304 g/mol. The molecule has 2 nitrogen and oxygen atoms in total. The van der Waals surface area contributed by atoms with Crippen molar-refractivity contribution in [3.63, 3.8) is 0 Å². The minimum Gasteiger partial charge on any atom is -0.340 e. The zero-order chi connectivity index (χ0) is 16.0. The van der Waals surface area contributed by atoms with E-state index in [1.807, 2.05) is 6.92 Å². The van der Waals surface area contributed by atoms with Crippen LogP contribution in [0.1, 0.15) is 67.2 Å². The van der Waals surface area contributed by atoms with Crippen molar-refractivity contribution in [2.24, 2.45) is 28.6 Å². The molecule has 0 amide bonds. The van der Waals surface area contributed by atoms with Gasteiger partial charge in [0.15, 0.2) is 5.79 Å². The van der Waals surface area contributed by atoms with Crippen LogP contribution >= 0.6 is 0 Å². The normalized spacial score (nSPS) is 59.0. The van der Waals surface area contributed by atoms with Crippen molar-refractivity contribution in [2.45, 2.75) is 84.7 Å². The minimum absolute atomic E-state index is 0.132. The molecule has 0 aromatic carbocycles. The summed E-state index contributed by atoms with van der Waals surface area (Å²) in [6, 6.07) is 0. The molecule has 124 valence electrons. The van der Waals surface area contributed by atoms with Crippen molar-refractivity contribution in [3.8, 4) is 0 Å². The zero-order valence-corrected chi connectivity index (χ0v) is 15.1. The third kappa shape index (κ3) is 1.59. The van der Waals surface area contributed by atoms with E-state index < -0.39 is 5.79 Å². The molecule has 3 aliphatic carbocycles. The molecular weight excluding hydrogens is 272 g/mol. The second-order valence-electron chi connectivity index (χ2n) is 9.45. The molecule has 3 saturated carbocycles. The van der Waals surface area contributed by atoms with Crippen molar-refractivity contribution in [3.05, 3.63) is 12.2 Å². The summed E-state index contributed by atoms with van der Waals surface area (Å²) >= 11 is 0. The molecule has 22 heavy (non-hydrogen) atoms. The molecule has 0 aromatic rings. The summed E-state index contributed by atoms with van der Waals surface area (Å²) in [4.78, 5) is 0. The molecule has 4 aliphatic rings. The van der Waals surface area contributed by atoms with Gasteiger partial charge in [-0.1, -0.05) is 26.8 Å². The number of ether oxygens (including phenoxy) is 2. The Morgan fingerprint density at radius 1 is 1.00 bits per heavy atom. The van der Waals surface area contributed by atoms with Gasteiger partial charge in [0.05, 0.1) is 11.7 Å². The Hall–Kier alpha value is -0.340. The van der Waals surface area contributed by atoms with Crippen molar-refractivity contribution in [2.75, 3.05) is 0 Å². The SMILES string of the molecule is C/C=C/C1(C)OC2CC34CC(C(C)(C)C3CCC4C)C2(C)O1. The predicted octanol–water partition coefficient (Wildman–Crippen LogP) is 4.94. The first-order valence-corrected chi connectivity index (χ1v) is 9.20. The summed E-state index contributed by atoms with van der Waals surface area (Å²) in [6.07, 6.45) is 9.73. The lowest BCUT2D eigenvalue weighted by atomic mass is 9.63. The summed E-state index contributed by atoms with van der Waals surface area (Å²) in [6.45, 7) is 14.0. The van der Waals surface area contributed by atoms with Crippen molar-refractivity contribution in [1.82, 2.24) is 0 Å². The van der Waals surface area contributed by atoms with Crippen LogP contribution in [-0.4, -0.2) is 17.5 Å². The summed E-state index contributed by atoms with van der Waals surface area (Å²) in [5, 5.41) is 0. The number of fused-ring (bicyclic) bond motifs is 3. The summed E-state index contributed by atoms with van der Waals surface area (Å²) in [7, 11) is 0. The van der Waals surface area contributed by atoms with Gasteiger partial charge in [-0.05, 0) is 81.1 Å². The Bertz CT molecular complexity index is 524. The second kappa shape index (κ2) is 4.19. The highest BCUT2D eigenvalue weighted by molar-refractivity contribution is 5.22. The standard InChI is InChI=1S/C20H32O2/c1-7-10-18(5)21-16-12-20-11-15(19(16,6)22-18)17(3,4)14(20)9-8-13(20)2/h7,10,13-16H,8-9,11-12H2,1-6H3/b10-7+. The Morgan fingerprint density at radius 2 is 1.73 bits per heavy atom. The molecule has 0 radical (unpaired) electrons. The summed E-state index contributed by atoms with van der Waals surface area (Å²) < 4.78 is 13.1. The molecular formula is C20H32O2. The van der Waals surface area contributed by atoms with Crippen LogP contribution in [0.2, 0.25) is 0 Å². The summed E-state index contributed by atoms with van der Waals surface area (Å²) in [5.74, 6) is 1.76. The Balaban J connectivity index is 1.78. The molecule has 1 aliphatic heterocycles. The molecule has 1 heterocycles. The highest BCUT2D eigenvalue weighted by Gasteiger charge is 2.74. The summed E-state index contributed by atoms with van der Waals surface area (Å²) in [5.41, 5.74) is 0.731. The van der Waals surface area contributed by atoms with Gasteiger partial charge in [0, 0.05) is 0 Å². The molecule has 7 atom stereocenters. The molecule has 4 fully saturated rings. The fourth-order valence-electron chi connectivity index (χ4n) is 7.23. The van der Waals surface area contributed by atoms with Crippen LogP contribution in [-0.2, 0) is 9.47 Å². The van der Waals surface area contributed by atoms with E-state index >= 15 is 0 Å². The largest absolute Gasteiger partial charge is 0.340 e. The highest BCUT2D eigenvalue weighted by Crippen LogP contribution is 2.75. The van der Waals surface area contributed by atoms with Crippen molar-refractivity contribution < 1.29 is 9.47 Å². The van der Waals surface area contributed by atoms with E-state index in [-0.39, 0.29) is 11.7 Å². The lowest BCUT2D eigenvalue weighted by Gasteiger charge is -2.47. The van der Waals surface area contributed by atoms with Gasteiger partial charge < -0.3 is 9.47 Å². The Morgan fingerprint density at radius 3 is 2.41 bits per heavy atom. The van der Waals surface area contributed by atoms with Gasteiger partial charge in [0.1, 0.15) is 0 Å². The van der Waals surface area contributed by atoms with Gasteiger partial charge in [-0.2, -0.15) is 0 Å². The van der Waals surface area contributed by atoms with E-state index in [1.54, 1.807) is 0 Å². The molecule has 1 spiro atoms. The Kier molecular flexibility index (Phi) is 2.89. The van der Waals surface area contributed by atoms with E-state index in [0.29, 0.717) is 16.7 Å². The number of hydrogen-bond acceptors (Lipinski definition) is 2. The van der Waals surface area contributed by atoms with Crippen LogP contribution in [0.3, 0.4) is 0 Å². The lowest BCUT2D eigenvalue weighted by Crippen LogP contribution is -2.52. The van der Waals surface area contributed by atoms with Gasteiger partial charge in [-0.3, -0.25) is 0 Å². The fourth-order valence-corrected chi connectivity index (χ4v) is 7.23.